The summed E-state index contributed by atoms with van der Waals surface area (Å²) in [5, 5.41) is 21.6. The minimum Gasteiger partial charge on any atom is -0.508 e. The van der Waals surface area contributed by atoms with Crippen LogP contribution in [0.1, 0.15) is 53.9 Å². The monoisotopic (exact) mass is 407 g/mol. The van der Waals surface area contributed by atoms with E-state index in [0.29, 0.717) is 0 Å². The maximum atomic E-state index is 12.1. The Morgan fingerprint density at radius 3 is 2.53 bits per heavy atom. The van der Waals surface area contributed by atoms with Gasteiger partial charge >= 0.3 is 0 Å². The molecule has 0 heterocycles. The van der Waals surface area contributed by atoms with Crippen molar-refractivity contribution in [3.8, 4) is 11.5 Å². The SMILES string of the molecule is CC(C=CC1=C(C)CCCC1(C)C)=CC=CC(C)=CC(=O)Nc1ccc(O)cc1O. The summed E-state index contributed by atoms with van der Waals surface area (Å²) >= 11 is 0. The fourth-order valence-electron chi connectivity index (χ4n) is 3.68. The van der Waals surface area contributed by atoms with Crippen LogP contribution in [-0.4, -0.2) is 16.1 Å². The Labute approximate surface area is 180 Å². The highest BCUT2D eigenvalue weighted by atomic mass is 16.3. The van der Waals surface area contributed by atoms with Crippen LogP contribution in [0.4, 0.5) is 5.69 Å². The average molecular weight is 408 g/mol. The van der Waals surface area contributed by atoms with Crippen molar-refractivity contribution in [2.75, 3.05) is 5.32 Å². The van der Waals surface area contributed by atoms with Crippen LogP contribution in [-0.2, 0) is 4.79 Å². The van der Waals surface area contributed by atoms with E-state index in [2.05, 4.69) is 45.2 Å². The van der Waals surface area contributed by atoms with E-state index in [1.54, 1.807) is 0 Å². The fraction of sp³-hybridized carbons (Fsp3) is 0.346. The van der Waals surface area contributed by atoms with Crippen LogP contribution in [0.25, 0.3) is 0 Å². The Balaban J connectivity index is 1.98. The number of aromatic hydroxyl groups is 2. The van der Waals surface area contributed by atoms with E-state index in [0.717, 1.165) is 11.1 Å². The lowest BCUT2D eigenvalue weighted by atomic mass is 9.72. The Morgan fingerprint density at radius 1 is 1.13 bits per heavy atom. The van der Waals surface area contributed by atoms with Crippen molar-refractivity contribution in [3.05, 3.63) is 76.9 Å². The molecule has 0 atom stereocenters. The number of hydrogen-bond acceptors (Lipinski definition) is 3. The lowest BCUT2D eigenvalue weighted by Gasteiger charge is -2.32. The highest BCUT2D eigenvalue weighted by molar-refractivity contribution is 6.00. The highest BCUT2D eigenvalue weighted by Crippen LogP contribution is 2.40. The van der Waals surface area contributed by atoms with Gasteiger partial charge in [0.15, 0.2) is 0 Å². The number of hydrogen-bond donors (Lipinski definition) is 3. The van der Waals surface area contributed by atoms with Crippen molar-refractivity contribution < 1.29 is 15.0 Å². The van der Waals surface area contributed by atoms with Gasteiger partial charge in [-0.15, -0.1) is 0 Å². The van der Waals surface area contributed by atoms with Crippen LogP contribution >= 0.6 is 0 Å². The van der Waals surface area contributed by atoms with E-state index in [9.17, 15) is 15.0 Å². The number of carbonyl (C=O) groups excluding carboxylic acids is 1. The van der Waals surface area contributed by atoms with Gasteiger partial charge in [-0.2, -0.15) is 0 Å². The third-order valence-electron chi connectivity index (χ3n) is 5.37. The van der Waals surface area contributed by atoms with E-state index in [1.165, 1.54) is 54.7 Å². The second kappa shape index (κ2) is 10.1. The molecular formula is C26H33NO3. The van der Waals surface area contributed by atoms with Crippen LogP contribution in [0.15, 0.2) is 76.9 Å². The molecule has 0 unspecified atom stereocenters. The smallest absolute Gasteiger partial charge is 0.248 e. The molecule has 2 rings (SSSR count). The molecular weight excluding hydrogens is 374 g/mol. The zero-order valence-corrected chi connectivity index (χ0v) is 18.6. The second-order valence-corrected chi connectivity index (χ2v) is 8.61. The second-order valence-electron chi connectivity index (χ2n) is 8.61. The molecule has 0 fully saturated rings. The number of rotatable bonds is 6. The Kier molecular flexibility index (Phi) is 7.87. The summed E-state index contributed by atoms with van der Waals surface area (Å²) in [5.41, 5.74) is 5.33. The van der Waals surface area contributed by atoms with E-state index in [1.807, 2.05) is 25.2 Å². The number of anilines is 1. The van der Waals surface area contributed by atoms with Gasteiger partial charge in [0.2, 0.25) is 5.91 Å². The number of carbonyl (C=O) groups is 1. The van der Waals surface area contributed by atoms with Crippen LogP contribution < -0.4 is 5.32 Å². The molecule has 4 heteroatoms. The van der Waals surface area contributed by atoms with Crippen molar-refractivity contribution in [2.24, 2.45) is 5.41 Å². The summed E-state index contributed by atoms with van der Waals surface area (Å²) in [5.74, 6) is -0.586. The number of amides is 1. The summed E-state index contributed by atoms with van der Waals surface area (Å²) in [6, 6.07) is 4.03. The number of phenolic OH excluding ortho intramolecular Hbond substituents is 2. The molecule has 0 aliphatic heterocycles. The molecule has 160 valence electrons. The zero-order chi connectivity index (χ0) is 22.3. The highest BCUT2D eigenvalue weighted by Gasteiger charge is 2.26. The van der Waals surface area contributed by atoms with Gasteiger partial charge in [-0.25, -0.2) is 0 Å². The fourth-order valence-corrected chi connectivity index (χ4v) is 3.68. The Bertz CT molecular complexity index is 943. The number of allylic oxidation sites excluding steroid dienone is 9. The standard InChI is InChI=1S/C26H33NO3/c1-18(11-13-22-20(3)10-7-15-26(22,4)5)8-6-9-19(2)16-25(30)27-23-14-12-21(28)17-24(23)29/h6,8-9,11-14,16-17,28-29H,7,10,15H2,1-5H3,(H,27,30). The van der Waals surface area contributed by atoms with E-state index < -0.39 is 0 Å². The average Bonchev–Trinajstić information content (AvgIpc) is 2.63. The molecule has 30 heavy (non-hydrogen) atoms. The molecule has 1 aliphatic carbocycles. The number of nitrogens with one attached hydrogen (secondary N) is 1. The van der Waals surface area contributed by atoms with Crippen molar-refractivity contribution in [2.45, 2.75) is 53.9 Å². The molecule has 0 spiro atoms. The van der Waals surface area contributed by atoms with Gasteiger partial charge in [-0.3, -0.25) is 4.79 Å². The van der Waals surface area contributed by atoms with Gasteiger partial charge in [-0.05, 0) is 68.7 Å². The Hall–Kier alpha value is -3.01. The first-order valence-corrected chi connectivity index (χ1v) is 10.3. The number of phenols is 2. The maximum absolute atomic E-state index is 12.1. The largest absolute Gasteiger partial charge is 0.508 e. The zero-order valence-electron chi connectivity index (χ0n) is 18.6. The molecule has 1 amide bonds. The third-order valence-corrected chi connectivity index (χ3v) is 5.37. The van der Waals surface area contributed by atoms with Gasteiger partial charge < -0.3 is 15.5 Å². The molecule has 0 aromatic heterocycles. The van der Waals surface area contributed by atoms with E-state index >= 15 is 0 Å². The molecule has 0 saturated carbocycles. The van der Waals surface area contributed by atoms with Crippen molar-refractivity contribution in [1.82, 2.24) is 0 Å². The molecule has 1 aliphatic rings. The maximum Gasteiger partial charge on any atom is 0.248 e. The van der Waals surface area contributed by atoms with Crippen molar-refractivity contribution in [3.63, 3.8) is 0 Å². The van der Waals surface area contributed by atoms with Gasteiger partial charge in [0, 0.05) is 12.1 Å². The number of benzene rings is 1. The van der Waals surface area contributed by atoms with Crippen molar-refractivity contribution in [1.29, 1.82) is 0 Å². The normalized spacial score (nSPS) is 17.8. The first kappa shape index (κ1) is 23.3. The third kappa shape index (κ3) is 6.80. The Morgan fingerprint density at radius 2 is 1.87 bits per heavy atom. The minimum absolute atomic E-state index is 0.0603. The van der Waals surface area contributed by atoms with E-state index in [4.69, 9.17) is 0 Å². The summed E-state index contributed by atoms with van der Waals surface area (Å²) in [6.45, 7) is 10.8. The summed E-state index contributed by atoms with van der Waals surface area (Å²) < 4.78 is 0. The molecule has 4 nitrogen and oxygen atoms in total. The van der Waals surface area contributed by atoms with Crippen LogP contribution in [0.2, 0.25) is 0 Å². The quantitative estimate of drug-likeness (QED) is 0.216. The van der Waals surface area contributed by atoms with E-state index in [-0.39, 0.29) is 28.5 Å². The minimum atomic E-state index is -0.347. The molecule has 3 N–H and O–H groups in total. The van der Waals surface area contributed by atoms with Gasteiger partial charge in [0.1, 0.15) is 11.5 Å². The molecule has 1 aromatic carbocycles. The lowest BCUT2D eigenvalue weighted by molar-refractivity contribution is -0.112. The molecule has 0 bridgehead atoms. The summed E-state index contributed by atoms with van der Waals surface area (Å²) in [6.07, 6.45) is 15.3. The van der Waals surface area contributed by atoms with Crippen LogP contribution in [0, 0.1) is 5.41 Å². The topological polar surface area (TPSA) is 69.6 Å². The van der Waals surface area contributed by atoms with Crippen molar-refractivity contribution >= 4 is 11.6 Å². The summed E-state index contributed by atoms with van der Waals surface area (Å²) in [4.78, 5) is 12.1. The molecule has 0 radical (unpaired) electrons. The molecule has 1 aromatic rings. The van der Waals surface area contributed by atoms with Gasteiger partial charge in [0.05, 0.1) is 5.69 Å². The van der Waals surface area contributed by atoms with Gasteiger partial charge in [-0.1, -0.05) is 55.4 Å². The summed E-state index contributed by atoms with van der Waals surface area (Å²) in [7, 11) is 0. The molecule has 0 saturated heterocycles. The predicted octanol–water partition coefficient (Wildman–Crippen LogP) is 6.57. The van der Waals surface area contributed by atoms with Gasteiger partial charge in [0.25, 0.3) is 0 Å². The predicted molar refractivity (Wildman–Crippen MR) is 125 cm³/mol. The lowest BCUT2D eigenvalue weighted by Crippen LogP contribution is -2.19. The van der Waals surface area contributed by atoms with Crippen LogP contribution in [0.5, 0.6) is 11.5 Å². The first-order chi connectivity index (χ1) is 14.1. The van der Waals surface area contributed by atoms with Crippen LogP contribution in [0.3, 0.4) is 0 Å². The first-order valence-electron chi connectivity index (χ1n) is 10.3.